The van der Waals surface area contributed by atoms with E-state index in [-0.39, 0.29) is 5.91 Å². The summed E-state index contributed by atoms with van der Waals surface area (Å²) in [7, 11) is 4.03. The molecule has 0 N–H and O–H groups in total. The summed E-state index contributed by atoms with van der Waals surface area (Å²) in [4.78, 5) is 24.0. The lowest BCUT2D eigenvalue weighted by Gasteiger charge is -2.24. The third-order valence-corrected chi connectivity index (χ3v) is 5.12. The van der Waals surface area contributed by atoms with Crippen molar-refractivity contribution in [1.29, 1.82) is 0 Å². The van der Waals surface area contributed by atoms with Crippen LogP contribution in [0.2, 0.25) is 0 Å². The van der Waals surface area contributed by atoms with Gasteiger partial charge in [-0.1, -0.05) is 0 Å². The van der Waals surface area contributed by atoms with Crippen LogP contribution in [0.4, 0.5) is 0 Å². The van der Waals surface area contributed by atoms with Crippen molar-refractivity contribution in [2.24, 2.45) is 0 Å². The molecule has 0 aromatic carbocycles. The highest BCUT2D eigenvalue weighted by Crippen LogP contribution is 2.19. The number of nitrogens with zero attached hydrogens (tertiary/aromatic N) is 5. The summed E-state index contributed by atoms with van der Waals surface area (Å²) < 4.78 is 1.71. The first kappa shape index (κ1) is 17.6. The molecule has 0 fully saturated rings. The van der Waals surface area contributed by atoms with E-state index >= 15 is 0 Å². The maximum absolute atomic E-state index is 13.2. The Balaban J connectivity index is 1.89. The zero-order valence-electron chi connectivity index (χ0n) is 15.1. The molecule has 0 aliphatic heterocycles. The first-order valence-corrected chi connectivity index (χ1v) is 9.06. The number of amides is 1. The van der Waals surface area contributed by atoms with Crippen LogP contribution in [0.15, 0.2) is 30.6 Å². The molecule has 0 atom stereocenters. The third-order valence-electron chi connectivity index (χ3n) is 4.13. The standard InChI is InChI=1S/C18H23N5OS/c1-13-5-6-15(25-13)12-22(10-9-21(3)4)18(24)16-11-19-17-7-8-20-23(17)14(16)2/h5-8,11H,9-10,12H2,1-4H3. The number of likely N-dealkylation sites (N-methyl/N-ethyl adjacent to an activating group) is 1. The highest BCUT2D eigenvalue weighted by molar-refractivity contribution is 7.11. The SMILES string of the molecule is Cc1ccc(CN(CCN(C)C)C(=O)c2cnc3ccnn3c2C)s1. The number of hydrogen-bond donors (Lipinski definition) is 0. The van der Waals surface area contributed by atoms with Gasteiger partial charge in [0.05, 0.1) is 24.0 Å². The van der Waals surface area contributed by atoms with Crippen molar-refractivity contribution in [2.45, 2.75) is 20.4 Å². The molecule has 3 heterocycles. The van der Waals surface area contributed by atoms with Gasteiger partial charge in [-0.3, -0.25) is 4.79 Å². The highest BCUT2D eigenvalue weighted by atomic mass is 32.1. The minimum Gasteiger partial charge on any atom is -0.332 e. The van der Waals surface area contributed by atoms with E-state index in [9.17, 15) is 4.79 Å². The lowest BCUT2D eigenvalue weighted by Crippen LogP contribution is -2.36. The first-order valence-electron chi connectivity index (χ1n) is 8.24. The fourth-order valence-corrected chi connectivity index (χ4v) is 3.61. The van der Waals surface area contributed by atoms with E-state index in [2.05, 4.69) is 34.0 Å². The molecule has 3 aromatic heterocycles. The molecule has 0 saturated carbocycles. The zero-order chi connectivity index (χ0) is 18.0. The summed E-state index contributed by atoms with van der Waals surface area (Å²) in [5.74, 6) is -0.00435. The number of carbonyl (C=O) groups is 1. The van der Waals surface area contributed by atoms with Crippen LogP contribution >= 0.6 is 11.3 Å². The van der Waals surface area contributed by atoms with E-state index < -0.39 is 0 Å². The molecule has 3 aromatic rings. The normalized spacial score (nSPS) is 11.4. The van der Waals surface area contributed by atoms with Crippen molar-refractivity contribution in [3.05, 3.63) is 51.6 Å². The number of thiophene rings is 1. The van der Waals surface area contributed by atoms with Gasteiger partial charge in [0.2, 0.25) is 0 Å². The largest absolute Gasteiger partial charge is 0.332 e. The van der Waals surface area contributed by atoms with Crippen molar-refractivity contribution in [1.82, 2.24) is 24.4 Å². The topological polar surface area (TPSA) is 53.7 Å². The number of carbonyl (C=O) groups excluding carboxylic acids is 1. The second-order valence-electron chi connectivity index (χ2n) is 6.40. The number of hydrogen-bond acceptors (Lipinski definition) is 5. The molecule has 25 heavy (non-hydrogen) atoms. The van der Waals surface area contributed by atoms with Crippen LogP contribution < -0.4 is 0 Å². The van der Waals surface area contributed by atoms with Gasteiger partial charge >= 0.3 is 0 Å². The molecule has 0 unspecified atom stereocenters. The van der Waals surface area contributed by atoms with Crippen molar-refractivity contribution in [3.63, 3.8) is 0 Å². The summed E-state index contributed by atoms with van der Waals surface area (Å²) in [6.45, 7) is 6.09. The Morgan fingerprint density at radius 3 is 2.68 bits per heavy atom. The molecular weight excluding hydrogens is 334 g/mol. The Morgan fingerprint density at radius 2 is 2.00 bits per heavy atom. The molecule has 0 saturated heterocycles. The smallest absolute Gasteiger partial charge is 0.257 e. The molecule has 0 aliphatic carbocycles. The van der Waals surface area contributed by atoms with E-state index in [4.69, 9.17) is 0 Å². The number of aromatic nitrogens is 3. The molecule has 7 heteroatoms. The third kappa shape index (κ3) is 3.88. The molecule has 0 bridgehead atoms. The Labute approximate surface area is 151 Å². The molecule has 1 amide bonds. The number of aryl methyl sites for hydroxylation is 2. The minimum atomic E-state index is -0.00435. The summed E-state index contributed by atoms with van der Waals surface area (Å²) in [5.41, 5.74) is 2.17. The van der Waals surface area contributed by atoms with E-state index in [0.717, 1.165) is 17.9 Å². The molecule has 0 aliphatic rings. The van der Waals surface area contributed by atoms with E-state index in [0.29, 0.717) is 18.7 Å². The van der Waals surface area contributed by atoms with Crippen LogP contribution in [0.3, 0.4) is 0 Å². The maximum Gasteiger partial charge on any atom is 0.257 e. The van der Waals surface area contributed by atoms with Crippen LogP contribution in [-0.2, 0) is 6.54 Å². The van der Waals surface area contributed by atoms with Gasteiger partial charge in [-0.05, 0) is 40.1 Å². The maximum atomic E-state index is 13.2. The van der Waals surface area contributed by atoms with Gasteiger partial charge in [0, 0.05) is 35.1 Å². The average molecular weight is 357 g/mol. The number of rotatable bonds is 6. The fraction of sp³-hybridized carbons (Fsp3) is 0.389. The molecule has 3 rings (SSSR count). The predicted molar refractivity (Wildman–Crippen MR) is 100 cm³/mol. The Kier molecular flexibility index (Phi) is 5.15. The van der Waals surface area contributed by atoms with Crippen molar-refractivity contribution in [3.8, 4) is 0 Å². The summed E-state index contributed by atoms with van der Waals surface area (Å²) in [6.07, 6.45) is 3.36. The van der Waals surface area contributed by atoms with Crippen LogP contribution in [0.1, 0.15) is 25.8 Å². The van der Waals surface area contributed by atoms with Gasteiger partial charge in [-0.15, -0.1) is 11.3 Å². The summed E-state index contributed by atoms with van der Waals surface area (Å²) in [6, 6.07) is 6.02. The minimum absolute atomic E-state index is 0.00435. The molecule has 0 radical (unpaired) electrons. The van der Waals surface area contributed by atoms with Crippen molar-refractivity contribution < 1.29 is 4.79 Å². The Hall–Kier alpha value is -2.25. The van der Waals surface area contributed by atoms with Crippen LogP contribution in [0, 0.1) is 13.8 Å². The molecule has 6 nitrogen and oxygen atoms in total. The monoisotopic (exact) mass is 357 g/mol. The second kappa shape index (κ2) is 7.33. The second-order valence-corrected chi connectivity index (χ2v) is 7.77. The van der Waals surface area contributed by atoms with Gasteiger partial charge in [0.25, 0.3) is 5.91 Å². The quantitative estimate of drug-likeness (QED) is 0.680. The molecular formula is C18H23N5OS. The van der Waals surface area contributed by atoms with Crippen molar-refractivity contribution in [2.75, 3.05) is 27.2 Å². The zero-order valence-corrected chi connectivity index (χ0v) is 15.9. The Morgan fingerprint density at radius 1 is 1.20 bits per heavy atom. The molecule has 132 valence electrons. The van der Waals surface area contributed by atoms with Crippen LogP contribution in [0.5, 0.6) is 0 Å². The lowest BCUT2D eigenvalue weighted by molar-refractivity contribution is 0.0731. The van der Waals surface area contributed by atoms with E-state index in [1.165, 1.54) is 9.75 Å². The van der Waals surface area contributed by atoms with Gasteiger partial charge in [-0.2, -0.15) is 5.10 Å². The van der Waals surface area contributed by atoms with E-state index in [1.54, 1.807) is 28.2 Å². The Bertz CT molecular complexity index is 883. The summed E-state index contributed by atoms with van der Waals surface area (Å²) in [5, 5.41) is 4.26. The van der Waals surface area contributed by atoms with Gasteiger partial charge in [0.15, 0.2) is 5.65 Å². The van der Waals surface area contributed by atoms with Crippen LogP contribution in [-0.4, -0.2) is 57.5 Å². The van der Waals surface area contributed by atoms with Gasteiger partial charge < -0.3 is 9.80 Å². The van der Waals surface area contributed by atoms with Gasteiger partial charge in [-0.25, -0.2) is 9.50 Å². The average Bonchev–Trinajstić information content (AvgIpc) is 3.20. The summed E-state index contributed by atoms with van der Waals surface area (Å²) >= 11 is 1.73. The first-order chi connectivity index (χ1) is 12.0. The molecule has 0 spiro atoms. The highest BCUT2D eigenvalue weighted by Gasteiger charge is 2.21. The van der Waals surface area contributed by atoms with E-state index in [1.807, 2.05) is 32.0 Å². The lowest BCUT2D eigenvalue weighted by atomic mass is 10.2. The predicted octanol–water partition coefficient (Wildman–Crippen LogP) is 2.61. The van der Waals surface area contributed by atoms with Gasteiger partial charge in [0.1, 0.15) is 0 Å². The fourth-order valence-electron chi connectivity index (χ4n) is 2.70. The van der Waals surface area contributed by atoms with Crippen LogP contribution in [0.25, 0.3) is 5.65 Å². The number of fused-ring (bicyclic) bond motifs is 1. The van der Waals surface area contributed by atoms with Crippen molar-refractivity contribution >= 4 is 22.9 Å².